The fourth-order valence-electron chi connectivity index (χ4n) is 2.65. The molecule has 21 heavy (non-hydrogen) atoms. The van der Waals surface area contributed by atoms with Gasteiger partial charge in [-0.2, -0.15) is 0 Å². The van der Waals surface area contributed by atoms with Crippen molar-refractivity contribution in [3.05, 3.63) is 35.6 Å². The van der Waals surface area contributed by atoms with Crippen LogP contribution in [0.15, 0.2) is 24.3 Å². The van der Waals surface area contributed by atoms with Crippen LogP contribution < -0.4 is 0 Å². The van der Waals surface area contributed by atoms with Crippen molar-refractivity contribution in [3.63, 3.8) is 0 Å². The third-order valence-electron chi connectivity index (χ3n) is 4.09. The Labute approximate surface area is 125 Å². The predicted molar refractivity (Wildman–Crippen MR) is 79.1 cm³/mol. The summed E-state index contributed by atoms with van der Waals surface area (Å²) in [5, 5.41) is 9.70. The summed E-state index contributed by atoms with van der Waals surface area (Å²) in [4.78, 5) is 15.8. The molecule has 1 aliphatic heterocycles. The molecule has 0 radical (unpaired) electrons. The first-order valence-electron chi connectivity index (χ1n) is 7.35. The van der Waals surface area contributed by atoms with Crippen LogP contribution >= 0.6 is 0 Å². The number of likely N-dealkylation sites (tertiary alicyclic amines) is 1. The summed E-state index contributed by atoms with van der Waals surface area (Å²) in [5.74, 6) is -0.128. The number of rotatable bonds is 4. The minimum atomic E-state index is -0.285. The van der Waals surface area contributed by atoms with Crippen LogP contribution in [-0.2, 0) is 11.3 Å². The Morgan fingerprint density at radius 1 is 1.48 bits per heavy atom. The van der Waals surface area contributed by atoms with E-state index in [0.29, 0.717) is 18.5 Å². The van der Waals surface area contributed by atoms with E-state index in [2.05, 4.69) is 4.90 Å². The summed E-state index contributed by atoms with van der Waals surface area (Å²) < 4.78 is 13.6. The number of likely N-dealkylation sites (N-methyl/N-ethyl adjacent to an activating group) is 1. The molecule has 1 fully saturated rings. The Hall–Kier alpha value is -1.46. The minimum Gasteiger partial charge on any atom is -0.393 e. The van der Waals surface area contributed by atoms with Crippen molar-refractivity contribution < 1.29 is 14.3 Å². The van der Waals surface area contributed by atoms with Gasteiger partial charge in [0.15, 0.2) is 0 Å². The molecule has 2 unspecified atom stereocenters. The van der Waals surface area contributed by atoms with Gasteiger partial charge >= 0.3 is 0 Å². The van der Waals surface area contributed by atoms with Crippen LogP contribution in [0.3, 0.4) is 0 Å². The van der Waals surface area contributed by atoms with E-state index in [1.54, 1.807) is 30.1 Å². The lowest BCUT2D eigenvalue weighted by Gasteiger charge is -2.34. The van der Waals surface area contributed by atoms with Crippen LogP contribution in [0.5, 0.6) is 0 Å². The first-order chi connectivity index (χ1) is 9.97. The van der Waals surface area contributed by atoms with Crippen LogP contribution in [0.2, 0.25) is 0 Å². The number of benzene rings is 1. The molecule has 0 saturated carbocycles. The Kier molecular flexibility index (Phi) is 5.31. The van der Waals surface area contributed by atoms with Crippen LogP contribution in [0, 0.1) is 11.7 Å². The highest BCUT2D eigenvalue weighted by atomic mass is 19.1. The zero-order valence-corrected chi connectivity index (χ0v) is 12.6. The van der Waals surface area contributed by atoms with Gasteiger partial charge in [0.05, 0.1) is 12.6 Å². The van der Waals surface area contributed by atoms with Gasteiger partial charge in [-0.25, -0.2) is 4.39 Å². The van der Waals surface area contributed by atoms with Gasteiger partial charge in [-0.1, -0.05) is 25.1 Å². The third kappa shape index (κ3) is 4.25. The van der Waals surface area contributed by atoms with Crippen LogP contribution in [0.4, 0.5) is 4.39 Å². The Morgan fingerprint density at radius 2 is 2.19 bits per heavy atom. The molecule has 0 bridgehead atoms. The normalized spacial score (nSPS) is 23.0. The quantitative estimate of drug-likeness (QED) is 0.915. The van der Waals surface area contributed by atoms with Gasteiger partial charge < -0.3 is 10.0 Å². The lowest BCUT2D eigenvalue weighted by Crippen LogP contribution is -2.46. The molecule has 2 atom stereocenters. The summed E-state index contributed by atoms with van der Waals surface area (Å²) in [6, 6.07) is 6.51. The standard InChI is InChI=1S/C16H23FN2O2/c1-12-9-19(8-7-15(12)20)11-16(21)18(2)10-13-5-3-4-6-14(13)17/h3-6,12,15,20H,7-11H2,1-2H3. The maximum absolute atomic E-state index is 13.6. The Bertz CT molecular complexity index is 495. The minimum absolute atomic E-state index is 0.0261. The van der Waals surface area contributed by atoms with Crippen LogP contribution in [-0.4, -0.2) is 53.6 Å². The second-order valence-electron chi connectivity index (χ2n) is 5.91. The molecule has 5 heteroatoms. The first-order valence-corrected chi connectivity index (χ1v) is 7.35. The Balaban J connectivity index is 1.87. The molecule has 2 rings (SSSR count). The summed E-state index contributed by atoms with van der Waals surface area (Å²) >= 11 is 0. The fraction of sp³-hybridized carbons (Fsp3) is 0.562. The average Bonchev–Trinajstić information content (AvgIpc) is 2.45. The average molecular weight is 294 g/mol. The molecule has 1 amide bonds. The van der Waals surface area contributed by atoms with E-state index in [-0.39, 0.29) is 30.3 Å². The molecular weight excluding hydrogens is 271 g/mol. The maximum Gasteiger partial charge on any atom is 0.236 e. The van der Waals surface area contributed by atoms with Crippen molar-refractivity contribution in [1.29, 1.82) is 0 Å². The van der Waals surface area contributed by atoms with Gasteiger partial charge in [-0.05, 0) is 18.4 Å². The number of nitrogens with zero attached hydrogens (tertiary/aromatic N) is 2. The van der Waals surface area contributed by atoms with E-state index in [0.717, 1.165) is 13.1 Å². The molecule has 1 heterocycles. The van der Waals surface area contributed by atoms with Gasteiger partial charge in [0.25, 0.3) is 0 Å². The highest BCUT2D eigenvalue weighted by Gasteiger charge is 2.26. The molecule has 1 aliphatic rings. The van der Waals surface area contributed by atoms with Crippen molar-refractivity contribution >= 4 is 5.91 Å². The molecule has 0 spiro atoms. The van der Waals surface area contributed by atoms with Crippen molar-refractivity contribution in [2.24, 2.45) is 5.92 Å². The van der Waals surface area contributed by atoms with Crippen molar-refractivity contribution in [3.8, 4) is 0 Å². The second kappa shape index (κ2) is 7.00. The number of aliphatic hydroxyl groups excluding tert-OH is 1. The zero-order chi connectivity index (χ0) is 15.4. The number of hydrogen-bond donors (Lipinski definition) is 1. The Morgan fingerprint density at radius 3 is 2.86 bits per heavy atom. The number of amides is 1. The van der Waals surface area contributed by atoms with E-state index in [9.17, 15) is 14.3 Å². The topological polar surface area (TPSA) is 43.8 Å². The van der Waals surface area contributed by atoms with Gasteiger partial charge in [0.2, 0.25) is 5.91 Å². The monoisotopic (exact) mass is 294 g/mol. The largest absolute Gasteiger partial charge is 0.393 e. The smallest absolute Gasteiger partial charge is 0.236 e. The molecule has 4 nitrogen and oxygen atoms in total. The number of hydrogen-bond acceptors (Lipinski definition) is 3. The number of piperidine rings is 1. The van der Waals surface area contributed by atoms with Gasteiger partial charge in [0.1, 0.15) is 5.82 Å². The predicted octanol–water partition coefficient (Wildman–Crippen LogP) is 1.49. The van der Waals surface area contributed by atoms with E-state index in [4.69, 9.17) is 0 Å². The summed E-state index contributed by atoms with van der Waals surface area (Å²) in [7, 11) is 1.69. The number of carbonyl (C=O) groups excluding carboxylic acids is 1. The van der Waals surface area contributed by atoms with Crippen LogP contribution in [0.1, 0.15) is 18.9 Å². The number of halogens is 1. The molecule has 1 N–H and O–H groups in total. The molecular formula is C16H23FN2O2. The van der Waals surface area contributed by atoms with Gasteiger partial charge in [-0.15, -0.1) is 0 Å². The lowest BCUT2D eigenvalue weighted by molar-refractivity contribution is -0.132. The highest BCUT2D eigenvalue weighted by Crippen LogP contribution is 2.16. The molecule has 116 valence electrons. The van der Waals surface area contributed by atoms with E-state index in [1.165, 1.54) is 6.07 Å². The molecule has 1 aromatic rings. The molecule has 0 aliphatic carbocycles. The van der Waals surface area contributed by atoms with Crippen molar-refractivity contribution in [1.82, 2.24) is 9.80 Å². The van der Waals surface area contributed by atoms with Crippen LogP contribution in [0.25, 0.3) is 0 Å². The lowest BCUT2D eigenvalue weighted by atomic mass is 9.97. The fourth-order valence-corrected chi connectivity index (χ4v) is 2.65. The van der Waals surface area contributed by atoms with Gasteiger partial charge in [0, 0.05) is 32.2 Å². The van der Waals surface area contributed by atoms with E-state index < -0.39 is 0 Å². The summed E-state index contributed by atoms with van der Waals surface area (Å²) in [5.41, 5.74) is 0.524. The van der Waals surface area contributed by atoms with Crippen molar-refractivity contribution in [2.45, 2.75) is 26.0 Å². The van der Waals surface area contributed by atoms with Crippen molar-refractivity contribution in [2.75, 3.05) is 26.7 Å². The van der Waals surface area contributed by atoms with E-state index >= 15 is 0 Å². The van der Waals surface area contributed by atoms with E-state index in [1.807, 2.05) is 6.92 Å². The highest BCUT2D eigenvalue weighted by molar-refractivity contribution is 5.78. The molecule has 1 saturated heterocycles. The number of aliphatic hydroxyl groups is 1. The second-order valence-corrected chi connectivity index (χ2v) is 5.91. The maximum atomic E-state index is 13.6. The first kappa shape index (κ1) is 15.9. The third-order valence-corrected chi connectivity index (χ3v) is 4.09. The molecule has 0 aromatic heterocycles. The summed E-state index contributed by atoms with van der Waals surface area (Å²) in [6.07, 6.45) is 0.429. The summed E-state index contributed by atoms with van der Waals surface area (Å²) in [6.45, 7) is 4.04. The van der Waals surface area contributed by atoms with Gasteiger partial charge in [-0.3, -0.25) is 9.69 Å². The SMILES string of the molecule is CC1CN(CC(=O)N(C)Cc2ccccc2F)CCC1O. The molecule has 1 aromatic carbocycles. The number of carbonyl (C=O) groups is 1. The zero-order valence-electron chi connectivity index (χ0n) is 12.6.